The van der Waals surface area contributed by atoms with Crippen molar-refractivity contribution in [2.45, 2.75) is 37.0 Å². The van der Waals surface area contributed by atoms with Gasteiger partial charge < -0.3 is 10.4 Å². The quantitative estimate of drug-likeness (QED) is 0.682. The number of amides is 1. The molecule has 2 atom stereocenters. The van der Waals surface area contributed by atoms with E-state index in [1.54, 1.807) is 12.1 Å². The van der Waals surface area contributed by atoms with Gasteiger partial charge in [0.05, 0.1) is 16.7 Å². The first kappa shape index (κ1) is 18.8. The molecule has 3 saturated carbocycles. The van der Waals surface area contributed by atoms with Gasteiger partial charge in [0, 0.05) is 6.54 Å². The van der Waals surface area contributed by atoms with E-state index in [2.05, 4.69) is 5.32 Å². The predicted molar refractivity (Wildman–Crippen MR) is 94.6 cm³/mol. The van der Waals surface area contributed by atoms with Crippen molar-refractivity contribution in [3.8, 4) is 0 Å². The second-order valence-corrected chi connectivity index (χ2v) is 8.86. The number of carbonyl (C=O) groups is 2. The van der Waals surface area contributed by atoms with Crippen LogP contribution in [0.2, 0.25) is 0 Å². The van der Waals surface area contributed by atoms with Crippen LogP contribution in [0.15, 0.2) is 29.2 Å². The Morgan fingerprint density at radius 2 is 1.58 bits per heavy atom. The molecule has 26 heavy (non-hydrogen) atoms. The molecule has 3 fully saturated rings. The number of aliphatic carboxylic acids is 1. The number of nitrogens with one attached hydrogen (secondary N) is 1. The maximum Gasteiger partial charge on any atom is 0.307 e. The lowest BCUT2D eigenvalue weighted by atomic mass is 9.58. The topological polar surface area (TPSA) is 127 Å². The van der Waals surface area contributed by atoms with E-state index in [0.717, 1.165) is 31.2 Å². The number of nitrogens with two attached hydrogens (primary N) is 1. The molecular weight excluding hydrogens is 356 g/mol. The third-order valence-electron chi connectivity index (χ3n) is 5.77. The maximum atomic E-state index is 12.6. The van der Waals surface area contributed by atoms with E-state index in [4.69, 9.17) is 5.14 Å². The van der Waals surface area contributed by atoms with Crippen LogP contribution >= 0.6 is 0 Å². The zero-order valence-electron chi connectivity index (χ0n) is 14.4. The summed E-state index contributed by atoms with van der Waals surface area (Å²) in [6.07, 6.45) is 4.21. The van der Waals surface area contributed by atoms with Crippen molar-refractivity contribution >= 4 is 21.9 Å². The molecule has 142 valence electrons. The summed E-state index contributed by atoms with van der Waals surface area (Å²) in [7, 11) is -3.71. The van der Waals surface area contributed by atoms with E-state index in [-0.39, 0.29) is 22.6 Å². The molecule has 1 aromatic carbocycles. The van der Waals surface area contributed by atoms with Gasteiger partial charge in [0.15, 0.2) is 0 Å². The number of sulfonamides is 1. The number of benzene rings is 1. The number of rotatable bonds is 6. The van der Waals surface area contributed by atoms with E-state index < -0.39 is 27.8 Å². The first-order chi connectivity index (χ1) is 12.3. The third kappa shape index (κ3) is 3.91. The number of carboxylic acid groups (broad SMARTS) is 1. The van der Waals surface area contributed by atoms with Crippen molar-refractivity contribution in [1.82, 2.24) is 5.32 Å². The smallest absolute Gasteiger partial charge is 0.307 e. The van der Waals surface area contributed by atoms with E-state index >= 15 is 0 Å². The van der Waals surface area contributed by atoms with E-state index in [1.165, 1.54) is 12.1 Å². The Kier molecular flexibility index (Phi) is 5.34. The molecule has 0 heterocycles. The SMILES string of the molecule is NS(=O)(=O)c1ccc(CCNC(=O)C2C3CCC(CC3)C2C(=O)O)cc1. The van der Waals surface area contributed by atoms with Gasteiger partial charge in [0.25, 0.3) is 0 Å². The van der Waals surface area contributed by atoms with Gasteiger partial charge in [-0.1, -0.05) is 12.1 Å². The van der Waals surface area contributed by atoms with Crippen LogP contribution in [0.5, 0.6) is 0 Å². The van der Waals surface area contributed by atoms with Gasteiger partial charge in [-0.3, -0.25) is 9.59 Å². The zero-order chi connectivity index (χ0) is 18.9. The monoisotopic (exact) mass is 380 g/mol. The van der Waals surface area contributed by atoms with E-state index in [0.29, 0.717) is 13.0 Å². The van der Waals surface area contributed by atoms with Crippen LogP contribution in [-0.4, -0.2) is 31.9 Å². The highest BCUT2D eigenvalue weighted by molar-refractivity contribution is 7.89. The Labute approximate surface area is 153 Å². The number of hydrogen-bond donors (Lipinski definition) is 3. The average Bonchev–Trinajstić information content (AvgIpc) is 2.61. The summed E-state index contributed by atoms with van der Waals surface area (Å²) in [5, 5.41) is 17.5. The normalized spacial score (nSPS) is 27.9. The number of hydrogen-bond acceptors (Lipinski definition) is 4. The molecule has 0 aliphatic heterocycles. The highest BCUT2D eigenvalue weighted by Crippen LogP contribution is 2.49. The lowest BCUT2D eigenvalue weighted by molar-refractivity contribution is -0.158. The minimum atomic E-state index is -3.71. The van der Waals surface area contributed by atoms with Gasteiger partial charge in [0.1, 0.15) is 0 Å². The Morgan fingerprint density at radius 1 is 1.04 bits per heavy atom. The maximum absolute atomic E-state index is 12.6. The van der Waals surface area contributed by atoms with Crippen molar-refractivity contribution < 1.29 is 23.1 Å². The average molecular weight is 380 g/mol. The minimum absolute atomic E-state index is 0.0489. The van der Waals surface area contributed by atoms with Crippen molar-refractivity contribution in [3.63, 3.8) is 0 Å². The molecule has 1 aromatic rings. The zero-order valence-corrected chi connectivity index (χ0v) is 15.2. The van der Waals surface area contributed by atoms with E-state index in [9.17, 15) is 23.1 Å². The molecule has 2 unspecified atom stereocenters. The van der Waals surface area contributed by atoms with Crippen molar-refractivity contribution in [3.05, 3.63) is 29.8 Å². The summed E-state index contributed by atoms with van der Waals surface area (Å²) in [4.78, 5) is 24.3. The molecule has 3 aliphatic carbocycles. The van der Waals surface area contributed by atoms with Crippen LogP contribution in [0.3, 0.4) is 0 Å². The highest BCUT2D eigenvalue weighted by Gasteiger charge is 2.50. The van der Waals surface area contributed by atoms with Crippen LogP contribution in [0.1, 0.15) is 31.2 Å². The Hall–Kier alpha value is -1.93. The van der Waals surface area contributed by atoms with Crippen LogP contribution < -0.4 is 10.5 Å². The van der Waals surface area contributed by atoms with Crippen molar-refractivity contribution in [2.75, 3.05) is 6.54 Å². The molecule has 7 nitrogen and oxygen atoms in total. The van der Waals surface area contributed by atoms with E-state index in [1.807, 2.05) is 0 Å². The number of fused-ring (bicyclic) bond motifs is 3. The Bertz CT molecular complexity index is 782. The molecule has 8 heteroatoms. The highest BCUT2D eigenvalue weighted by atomic mass is 32.2. The molecule has 4 N–H and O–H groups in total. The summed E-state index contributed by atoms with van der Waals surface area (Å²) in [5.41, 5.74) is 0.873. The van der Waals surface area contributed by atoms with Crippen LogP contribution in [0.4, 0.5) is 0 Å². The molecule has 0 saturated heterocycles. The summed E-state index contributed by atoms with van der Waals surface area (Å²) in [5.74, 6) is -1.78. The van der Waals surface area contributed by atoms with Gasteiger partial charge in [0.2, 0.25) is 15.9 Å². The standard InChI is InChI=1S/C18H24N2O5S/c19-26(24,25)14-7-1-11(2-8-14)9-10-20-17(21)15-12-3-5-13(6-4-12)16(15)18(22)23/h1-2,7-8,12-13,15-16H,3-6,9-10H2,(H,20,21)(H,22,23)(H2,19,24,25). The minimum Gasteiger partial charge on any atom is -0.481 e. The largest absolute Gasteiger partial charge is 0.481 e. The molecule has 0 spiro atoms. The first-order valence-corrected chi connectivity index (χ1v) is 10.4. The molecule has 3 aliphatic rings. The molecular formula is C18H24N2O5S. The summed E-state index contributed by atoms with van der Waals surface area (Å²) >= 11 is 0. The van der Waals surface area contributed by atoms with Crippen molar-refractivity contribution in [1.29, 1.82) is 0 Å². The predicted octanol–water partition coefficient (Wildman–Crippen LogP) is 1.13. The lowest BCUT2D eigenvalue weighted by Crippen LogP contribution is -2.51. The van der Waals surface area contributed by atoms with Crippen molar-refractivity contribution in [2.24, 2.45) is 28.8 Å². The fourth-order valence-electron chi connectivity index (χ4n) is 4.48. The third-order valence-corrected chi connectivity index (χ3v) is 6.70. The fraction of sp³-hybridized carbons (Fsp3) is 0.556. The summed E-state index contributed by atoms with van der Waals surface area (Å²) in [6, 6.07) is 6.20. The second kappa shape index (κ2) is 7.36. The van der Waals surface area contributed by atoms with Crippen LogP contribution in [0, 0.1) is 23.7 Å². The van der Waals surface area contributed by atoms with Gasteiger partial charge in [-0.2, -0.15) is 0 Å². The van der Waals surface area contributed by atoms with Gasteiger partial charge >= 0.3 is 5.97 Å². The second-order valence-electron chi connectivity index (χ2n) is 7.29. The Morgan fingerprint density at radius 3 is 2.08 bits per heavy atom. The molecule has 0 aromatic heterocycles. The number of carbonyl (C=O) groups excluding carboxylic acids is 1. The molecule has 2 bridgehead atoms. The van der Waals surface area contributed by atoms with Gasteiger partial charge in [-0.15, -0.1) is 0 Å². The van der Waals surface area contributed by atoms with Crippen LogP contribution in [-0.2, 0) is 26.0 Å². The number of primary sulfonamides is 1. The van der Waals surface area contributed by atoms with Gasteiger partial charge in [-0.05, 0) is 61.6 Å². The summed E-state index contributed by atoms with van der Waals surface area (Å²) < 4.78 is 22.5. The van der Waals surface area contributed by atoms with Crippen LogP contribution in [0.25, 0.3) is 0 Å². The first-order valence-electron chi connectivity index (χ1n) is 8.89. The Balaban J connectivity index is 1.57. The van der Waals surface area contributed by atoms with Gasteiger partial charge in [-0.25, -0.2) is 13.6 Å². The lowest BCUT2D eigenvalue weighted by Gasteiger charge is -2.45. The molecule has 4 rings (SSSR count). The molecule has 0 radical (unpaired) electrons. The fourth-order valence-corrected chi connectivity index (χ4v) is 4.99. The summed E-state index contributed by atoms with van der Waals surface area (Å²) in [6.45, 7) is 0.383. The number of carboxylic acids is 1. The molecule has 1 amide bonds.